The van der Waals surface area contributed by atoms with Gasteiger partial charge in [-0.15, -0.1) is 0 Å². The lowest BCUT2D eigenvalue weighted by Crippen LogP contribution is -2.23. The van der Waals surface area contributed by atoms with Crippen LogP contribution in [-0.4, -0.2) is 16.3 Å². The molecule has 8 heteroatoms. The molecule has 0 aliphatic carbocycles. The van der Waals surface area contributed by atoms with E-state index in [-0.39, 0.29) is 10.8 Å². The first kappa shape index (κ1) is 12.5. The van der Waals surface area contributed by atoms with Crippen molar-refractivity contribution in [2.45, 2.75) is 0 Å². The second-order valence-corrected chi connectivity index (χ2v) is 4.00. The Balaban J connectivity index is 2.91. The van der Waals surface area contributed by atoms with E-state index in [0.29, 0.717) is 10.0 Å². The summed E-state index contributed by atoms with van der Waals surface area (Å²) in [4.78, 5) is 10.1. The van der Waals surface area contributed by atoms with Crippen LogP contribution in [0.2, 0.25) is 0 Å². The molecule has 6 nitrogen and oxygen atoms in total. The molecule has 0 amide bonds. The monoisotopic (exact) mass is 302 g/mol. The molecule has 0 bridgehead atoms. The number of nitrogens with zero attached hydrogens (tertiary/aromatic N) is 2. The number of hydrazone groups is 1. The minimum Gasteiger partial charge on any atom is -0.375 e. The Kier molecular flexibility index (Phi) is 4.32. The van der Waals surface area contributed by atoms with Crippen LogP contribution >= 0.6 is 28.1 Å². The molecule has 0 aliphatic heterocycles. The number of halogens is 1. The van der Waals surface area contributed by atoms with Crippen LogP contribution in [0.3, 0.4) is 0 Å². The van der Waals surface area contributed by atoms with Gasteiger partial charge >= 0.3 is 0 Å². The van der Waals surface area contributed by atoms with Gasteiger partial charge in [0.25, 0.3) is 5.69 Å². The van der Waals surface area contributed by atoms with E-state index in [9.17, 15) is 10.1 Å². The van der Waals surface area contributed by atoms with Gasteiger partial charge in [-0.3, -0.25) is 15.5 Å². The van der Waals surface area contributed by atoms with Gasteiger partial charge in [0.15, 0.2) is 5.11 Å². The quantitative estimate of drug-likeness (QED) is 0.382. The lowest BCUT2D eigenvalue weighted by atomic mass is 10.2. The van der Waals surface area contributed by atoms with E-state index in [1.54, 1.807) is 12.1 Å². The number of nitrogens with one attached hydrogen (secondary N) is 1. The predicted molar refractivity (Wildman–Crippen MR) is 68.3 cm³/mol. The number of nitro groups is 1. The van der Waals surface area contributed by atoms with Crippen LogP contribution in [-0.2, 0) is 0 Å². The molecule has 84 valence electrons. The van der Waals surface area contributed by atoms with Gasteiger partial charge in [0, 0.05) is 11.6 Å². The molecule has 0 heterocycles. The maximum Gasteiger partial charge on any atom is 0.284 e. The number of hydrogen-bond donors (Lipinski definition) is 2. The van der Waals surface area contributed by atoms with Crippen molar-refractivity contribution in [1.82, 2.24) is 5.43 Å². The molecule has 0 unspecified atom stereocenters. The maximum atomic E-state index is 10.6. The van der Waals surface area contributed by atoms with Crippen molar-refractivity contribution < 1.29 is 4.92 Å². The van der Waals surface area contributed by atoms with Crippen LogP contribution < -0.4 is 11.2 Å². The van der Waals surface area contributed by atoms with E-state index in [1.807, 2.05) is 0 Å². The second kappa shape index (κ2) is 5.52. The van der Waals surface area contributed by atoms with Crippen LogP contribution in [0.15, 0.2) is 27.8 Å². The van der Waals surface area contributed by atoms with Crippen molar-refractivity contribution >= 4 is 45.2 Å². The molecule has 0 spiro atoms. The minimum absolute atomic E-state index is 0.0284. The third-order valence-corrected chi connectivity index (χ3v) is 2.32. The van der Waals surface area contributed by atoms with Crippen molar-refractivity contribution in [1.29, 1.82) is 0 Å². The molecule has 1 aromatic carbocycles. The zero-order valence-corrected chi connectivity index (χ0v) is 10.3. The summed E-state index contributed by atoms with van der Waals surface area (Å²) in [5, 5.41) is 14.4. The fourth-order valence-electron chi connectivity index (χ4n) is 0.920. The van der Waals surface area contributed by atoms with Gasteiger partial charge in [-0.05, 0) is 34.2 Å². The Morgan fingerprint density at radius 1 is 1.69 bits per heavy atom. The molecule has 1 rings (SSSR count). The number of hydrogen-bond acceptors (Lipinski definition) is 4. The van der Waals surface area contributed by atoms with Gasteiger partial charge in [-0.2, -0.15) is 5.10 Å². The zero-order chi connectivity index (χ0) is 12.1. The average Bonchev–Trinajstić information content (AvgIpc) is 2.19. The van der Waals surface area contributed by atoms with E-state index in [1.165, 1.54) is 12.3 Å². The van der Waals surface area contributed by atoms with Crippen LogP contribution in [0, 0.1) is 10.1 Å². The summed E-state index contributed by atoms with van der Waals surface area (Å²) in [6.45, 7) is 0. The minimum atomic E-state index is -0.484. The molecule has 16 heavy (non-hydrogen) atoms. The predicted octanol–water partition coefficient (Wildman–Crippen LogP) is 1.52. The van der Waals surface area contributed by atoms with Crippen LogP contribution in [0.5, 0.6) is 0 Å². The summed E-state index contributed by atoms with van der Waals surface area (Å²) in [6, 6.07) is 4.62. The molecular formula is C8H7BrN4O2S. The Hall–Kier alpha value is -1.54. The van der Waals surface area contributed by atoms with Crippen LogP contribution in [0.4, 0.5) is 5.69 Å². The normalized spacial score (nSPS) is 10.3. The second-order valence-electron chi connectivity index (χ2n) is 2.70. The number of benzene rings is 1. The molecule has 0 fully saturated rings. The number of nitrogens with two attached hydrogens (primary N) is 1. The molecule has 0 saturated heterocycles. The highest BCUT2D eigenvalue weighted by molar-refractivity contribution is 9.10. The third kappa shape index (κ3) is 3.55. The van der Waals surface area contributed by atoms with Gasteiger partial charge in [0.2, 0.25) is 0 Å². The van der Waals surface area contributed by atoms with Crippen molar-refractivity contribution in [3.63, 3.8) is 0 Å². The SMILES string of the molecule is NC(=S)N/N=C\c1ccc(Br)c([N+](=O)[O-])c1. The highest BCUT2D eigenvalue weighted by atomic mass is 79.9. The van der Waals surface area contributed by atoms with Crippen LogP contribution in [0.1, 0.15) is 5.56 Å². The molecule has 0 atom stereocenters. The Morgan fingerprint density at radius 2 is 2.38 bits per heavy atom. The summed E-state index contributed by atoms with van der Waals surface area (Å²) in [5.41, 5.74) is 8.04. The average molecular weight is 303 g/mol. The lowest BCUT2D eigenvalue weighted by Gasteiger charge is -1.97. The van der Waals surface area contributed by atoms with Crippen molar-refractivity contribution in [3.05, 3.63) is 38.3 Å². The Morgan fingerprint density at radius 3 is 2.94 bits per heavy atom. The molecule has 0 saturated carbocycles. The summed E-state index contributed by atoms with van der Waals surface area (Å²) in [7, 11) is 0. The topological polar surface area (TPSA) is 93.5 Å². The standard InChI is InChI=1S/C8H7BrN4O2S/c9-6-2-1-5(3-7(6)13(14)15)4-11-12-8(10)16/h1-4H,(H3,10,12,16)/b11-4-. The summed E-state index contributed by atoms with van der Waals surface area (Å²) >= 11 is 7.62. The maximum absolute atomic E-state index is 10.6. The molecule has 3 N–H and O–H groups in total. The molecule has 0 aromatic heterocycles. The van der Waals surface area contributed by atoms with E-state index >= 15 is 0 Å². The molecule has 1 aromatic rings. The largest absolute Gasteiger partial charge is 0.375 e. The highest BCUT2D eigenvalue weighted by Crippen LogP contribution is 2.24. The first-order valence-electron chi connectivity index (χ1n) is 4.03. The van der Waals surface area contributed by atoms with Gasteiger partial charge < -0.3 is 5.73 Å². The van der Waals surface area contributed by atoms with Crippen molar-refractivity contribution in [3.8, 4) is 0 Å². The molecule has 0 aliphatic rings. The summed E-state index contributed by atoms with van der Waals surface area (Å²) in [6.07, 6.45) is 1.39. The molecular weight excluding hydrogens is 296 g/mol. The van der Waals surface area contributed by atoms with Crippen molar-refractivity contribution in [2.24, 2.45) is 10.8 Å². The van der Waals surface area contributed by atoms with Gasteiger partial charge in [0.1, 0.15) is 0 Å². The first-order chi connectivity index (χ1) is 7.50. The Bertz CT molecular complexity index is 463. The third-order valence-electron chi connectivity index (χ3n) is 1.56. The van der Waals surface area contributed by atoms with Crippen LogP contribution in [0.25, 0.3) is 0 Å². The fourth-order valence-corrected chi connectivity index (χ4v) is 1.36. The number of nitro benzene ring substituents is 1. The zero-order valence-electron chi connectivity index (χ0n) is 7.88. The highest BCUT2D eigenvalue weighted by Gasteiger charge is 2.11. The summed E-state index contributed by atoms with van der Waals surface area (Å²) in [5.74, 6) is 0. The summed E-state index contributed by atoms with van der Waals surface area (Å²) < 4.78 is 0.414. The fraction of sp³-hybridized carbons (Fsp3) is 0. The lowest BCUT2D eigenvalue weighted by molar-refractivity contribution is -0.385. The smallest absolute Gasteiger partial charge is 0.284 e. The van der Waals surface area contributed by atoms with Gasteiger partial charge in [-0.25, -0.2) is 0 Å². The van der Waals surface area contributed by atoms with E-state index < -0.39 is 4.92 Å². The van der Waals surface area contributed by atoms with E-state index in [0.717, 1.165) is 0 Å². The molecule has 0 radical (unpaired) electrons. The van der Waals surface area contributed by atoms with Gasteiger partial charge in [0.05, 0.1) is 15.6 Å². The van der Waals surface area contributed by atoms with Crippen molar-refractivity contribution in [2.75, 3.05) is 0 Å². The van der Waals surface area contributed by atoms with Gasteiger partial charge in [-0.1, -0.05) is 6.07 Å². The first-order valence-corrected chi connectivity index (χ1v) is 5.23. The number of thiocarbonyl (C=S) groups is 1. The number of rotatable bonds is 3. The van der Waals surface area contributed by atoms with E-state index in [2.05, 4.69) is 38.7 Å². The van der Waals surface area contributed by atoms with E-state index in [4.69, 9.17) is 5.73 Å². The Labute approximate surface area is 105 Å².